The molecule has 1 fully saturated rings. The first-order chi connectivity index (χ1) is 40.4. The predicted molar refractivity (Wildman–Crippen MR) is 279 cm³/mol. The summed E-state index contributed by atoms with van der Waals surface area (Å²) in [6, 6.07) is 10.3. The van der Waals surface area contributed by atoms with Gasteiger partial charge >= 0.3 is 0 Å². The zero-order valence-corrected chi connectivity index (χ0v) is 36.9. The minimum absolute atomic E-state index is 0.286. The zero-order valence-electron chi connectivity index (χ0n) is 54.9. The molecule has 318 valence electrons. The molecule has 2 aliphatic rings. The van der Waals surface area contributed by atoms with E-state index in [9.17, 15) is 13.7 Å². The lowest BCUT2D eigenvalue weighted by atomic mass is 9.62. The van der Waals surface area contributed by atoms with Crippen LogP contribution in [0.25, 0.3) is 55.0 Å². The van der Waals surface area contributed by atoms with Crippen LogP contribution in [0, 0.1) is 0 Å². The lowest BCUT2D eigenvalue weighted by Gasteiger charge is -2.50. The van der Waals surface area contributed by atoms with Crippen molar-refractivity contribution in [1.82, 2.24) is 14.1 Å². The fourth-order valence-corrected chi connectivity index (χ4v) is 14.9. The molecular formula is C61H50N4Si. The van der Waals surface area contributed by atoms with Crippen molar-refractivity contribution >= 4 is 83.8 Å². The van der Waals surface area contributed by atoms with Gasteiger partial charge in [0.2, 0.25) is 0 Å². The van der Waals surface area contributed by atoms with Crippen LogP contribution < -0.4 is 25.6 Å². The Balaban J connectivity index is 1.24. The molecule has 0 radical (unpaired) electrons. The Labute approximate surface area is 413 Å². The lowest BCUT2D eigenvalue weighted by molar-refractivity contribution is 0.194. The Morgan fingerprint density at radius 1 is 0.500 bits per heavy atom. The third-order valence-corrected chi connectivity index (χ3v) is 18.6. The van der Waals surface area contributed by atoms with E-state index < -0.39 is 155 Å². The van der Waals surface area contributed by atoms with Crippen molar-refractivity contribution < 1.29 is 26.0 Å². The van der Waals surface area contributed by atoms with E-state index in [4.69, 9.17) is 12.3 Å². The van der Waals surface area contributed by atoms with Crippen molar-refractivity contribution in [2.45, 2.75) is 50.5 Å². The molecular weight excluding hydrogens is 817 g/mol. The topological polar surface area (TPSA) is 26.0 Å². The number of aromatic nitrogens is 3. The molecule has 4 heterocycles. The molecule has 5 heteroatoms. The van der Waals surface area contributed by atoms with Gasteiger partial charge in [-0.1, -0.05) is 165 Å². The van der Waals surface area contributed by atoms with Crippen LogP contribution in [0.2, 0.25) is 0 Å². The van der Waals surface area contributed by atoms with Crippen LogP contribution in [0.5, 0.6) is 0 Å². The van der Waals surface area contributed by atoms with Crippen molar-refractivity contribution in [2.24, 2.45) is 0 Å². The summed E-state index contributed by atoms with van der Waals surface area (Å²) in [5.74, 6) is 0. The highest BCUT2D eigenvalue weighted by Crippen LogP contribution is 2.60. The van der Waals surface area contributed by atoms with Crippen LogP contribution in [-0.4, -0.2) is 27.7 Å². The molecule has 0 spiro atoms. The molecule has 2 atom stereocenters. The zero-order chi connectivity index (χ0) is 60.6. The second-order valence-corrected chi connectivity index (χ2v) is 21.1. The summed E-state index contributed by atoms with van der Waals surface area (Å²) in [4.78, 5) is 6.95. The largest absolute Gasteiger partial charge is 0.334 e. The van der Waals surface area contributed by atoms with Gasteiger partial charge in [0.05, 0.1) is 53.7 Å². The summed E-state index contributed by atoms with van der Waals surface area (Å²) < 4.78 is 184. The van der Waals surface area contributed by atoms with Crippen molar-refractivity contribution in [2.75, 3.05) is 4.90 Å². The molecule has 0 saturated heterocycles. The highest BCUT2D eigenvalue weighted by molar-refractivity contribution is 7.19. The smallest absolute Gasteiger partial charge is 0.179 e. The maximum Gasteiger partial charge on any atom is 0.179 e. The van der Waals surface area contributed by atoms with Crippen LogP contribution >= 0.6 is 0 Å². The second kappa shape index (κ2) is 14.8. The minimum Gasteiger partial charge on any atom is -0.334 e. The van der Waals surface area contributed by atoms with Gasteiger partial charge in [0.15, 0.2) is 8.07 Å². The predicted octanol–water partition coefficient (Wildman–Crippen LogP) is 12.4. The molecule has 0 amide bonds. The average Bonchev–Trinajstić information content (AvgIpc) is 1.82. The Bertz CT molecular complexity index is 4500. The van der Waals surface area contributed by atoms with Crippen LogP contribution in [0.1, 0.15) is 71.1 Å². The van der Waals surface area contributed by atoms with Gasteiger partial charge in [-0.25, -0.2) is 0 Å². The number of fused-ring (bicyclic) bond motifs is 9. The van der Waals surface area contributed by atoms with E-state index in [1.165, 1.54) is 0 Å². The number of hydrogen-bond donors (Lipinski definition) is 0. The van der Waals surface area contributed by atoms with Gasteiger partial charge in [-0.2, -0.15) is 0 Å². The Hall–Kier alpha value is -7.47. The van der Waals surface area contributed by atoms with Crippen LogP contribution in [0.4, 0.5) is 11.4 Å². The summed E-state index contributed by atoms with van der Waals surface area (Å²) in [5.41, 5.74) is 4.84. The lowest BCUT2D eigenvalue weighted by Crippen LogP contribution is -2.74. The summed E-state index contributed by atoms with van der Waals surface area (Å²) in [6.07, 6.45) is 7.52. The highest BCUT2D eigenvalue weighted by Gasteiger charge is 2.57. The van der Waals surface area contributed by atoms with Gasteiger partial charge < -0.3 is 14.0 Å². The first-order valence-electron chi connectivity index (χ1n) is 31.5. The van der Waals surface area contributed by atoms with Gasteiger partial charge in [-0.15, -0.1) is 0 Å². The number of pyridine rings is 1. The van der Waals surface area contributed by atoms with Gasteiger partial charge in [0.25, 0.3) is 0 Å². The van der Waals surface area contributed by atoms with E-state index in [0.29, 0.717) is 27.5 Å². The minimum atomic E-state index is -6.16. The molecule has 13 rings (SSSR count). The second-order valence-electron chi connectivity index (χ2n) is 17.6. The SMILES string of the molecule is [2H]c1c([2H])c([2H])c([Si](c2c([2H])c([2H])c([2H])c([2H])c2[2H])(c2c([2H])c([2H])c([2H])c([2H])c2[2H])c2c([2H])c([2H])c([2H])c(-n3c4ccc(N5c6ccncc6C6(C)CCCCC56C)cc4c4ccc(-n5c6ccccc6c6ccccc65)cc43)c2[2H])c([2H])c1[2H]. The van der Waals surface area contributed by atoms with Gasteiger partial charge in [0.1, 0.15) is 0 Å². The van der Waals surface area contributed by atoms with Gasteiger partial charge in [-0.05, 0) is 101 Å². The third-order valence-electron chi connectivity index (χ3n) is 14.6. The number of anilines is 2. The fourth-order valence-electron chi connectivity index (χ4n) is 11.4. The van der Waals surface area contributed by atoms with E-state index in [-0.39, 0.29) is 5.41 Å². The summed E-state index contributed by atoms with van der Waals surface area (Å²) >= 11 is 0. The molecule has 1 aliphatic carbocycles. The van der Waals surface area contributed by atoms with E-state index in [0.717, 1.165) is 64.4 Å². The molecule has 4 nitrogen and oxygen atoms in total. The molecule has 0 bridgehead atoms. The number of benzene rings is 8. The molecule has 2 unspecified atom stereocenters. The van der Waals surface area contributed by atoms with Crippen molar-refractivity contribution in [3.05, 3.63) is 224 Å². The molecule has 0 N–H and O–H groups in total. The van der Waals surface area contributed by atoms with Crippen LogP contribution in [0.3, 0.4) is 0 Å². The first kappa shape index (κ1) is 24.2. The third kappa shape index (κ3) is 5.41. The number of hydrogen-bond acceptors (Lipinski definition) is 2. The number of para-hydroxylation sites is 2. The molecule has 1 saturated carbocycles. The molecule has 3 aromatic heterocycles. The van der Waals surface area contributed by atoms with E-state index in [1.807, 2.05) is 97.2 Å². The van der Waals surface area contributed by atoms with Crippen LogP contribution in [-0.2, 0) is 5.41 Å². The maximum atomic E-state index is 10.9. The Kier molecular flexibility index (Phi) is 5.41. The molecule has 11 aromatic rings. The Morgan fingerprint density at radius 3 is 1.73 bits per heavy atom. The quantitative estimate of drug-likeness (QED) is 0.118. The normalized spacial score (nSPS) is 22.3. The molecule has 66 heavy (non-hydrogen) atoms. The average molecular weight is 886 g/mol. The number of nitrogens with zero attached hydrogens (tertiary/aromatic N) is 4. The number of rotatable bonds is 7. The van der Waals surface area contributed by atoms with Crippen molar-refractivity contribution in [3.8, 4) is 11.4 Å². The van der Waals surface area contributed by atoms with E-state index in [1.54, 1.807) is 10.8 Å². The monoisotopic (exact) mass is 885 g/mol. The van der Waals surface area contributed by atoms with Crippen LogP contribution in [0.15, 0.2) is 218 Å². The highest BCUT2D eigenvalue weighted by atomic mass is 28.3. The van der Waals surface area contributed by atoms with Gasteiger partial charge in [0, 0.05) is 67.7 Å². The summed E-state index contributed by atoms with van der Waals surface area (Å²) in [5, 5.41) is -0.453. The van der Waals surface area contributed by atoms with Gasteiger partial charge in [-0.3, -0.25) is 4.98 Å². The maximum absolute atomic E-state index is 10.9. The summed E-state index contributed by atoms with van der Waals surface area (Å²) in [7, 11) is -6.16. The summed E-state index contributed by atoms with van der Waals surface area (Å²) in [6.45, 7) is 4.56. The van der Waals surface area contributed by atoms with Crippen molar-refractivity contribution in [1.29, 1.82) is 0 Å². The fraction of sp³-hybridized carbons (Fsp3) is 0.131. The molecule has 8 aromatic carbocycles. The Morgan fingerprint density at radius 2 is 1.06 bits per heavy atom. The van der Waals surface area contributed by atoms with E-state index >= 15 is 0 Å². The van der Waals surface area contributed by atoms with Crippen molar-refractivity contribution in [3.63, 3.8) is 0 Å². The van der Waals surface area contributed by atoms with E-state index in [2.05, 4.69) is 28.3 Å². The standard InChI is InChI=1S/C61H50N4Si/c1-60-36-16-17-37-61(60,2)65(58-35-38-62-42-54(58)60)45-32-34-57-53(40-45)52-33-31-44(63-55-29-14-12-27-50(55)51-28-13-15-30-56(51)63)41-59(52)64(57)43-19-18-26-49(39-43)66(46-20-6-3-7-21-46,47-22-8-4-9-23-47)48-24-10-5-11-25-48/h3-15,18-35,38-42H,16-17,36-37H2,1-2H3/i3D,4D,5D,6D,7D,8D,9D,10D,11D,18D,19D,20D,21D,22D,23D,24D,25D,26D,39D. The first-order valence-corrected chi connectivity index (χ1v) is 24.0. The molecule has 1 aliphatic heterocycles.